The molecular formula is C11H19NOS. The molecule has 0 fully saturated rings. The molecule has 1 unspecified atom stereocenters. The summed E-state index contributed by atoms with van der Waals surface area (Å²) in [5.41, 5.74) is 0. The van der Waals surface area contributed by atoms with Gasteiger partial charge in [0.1, 0.15) is 0 Å². The molecule has 0 aliphatic carbocycles. The molecule has 1 aromatic heterocycles. The van der Waals surface area contributed by atoms with E-state index in [4.69, 9.17) is 0 Å². The van der Waals surface area contributed by atoms with Gasteiger partial charge in [-0.3, -0.25) is 0 Å². The van der Waals surface area contributed by atoms with Crippen molar-refractivity contribution in [3.05, 3.63) is 22.4 Å². The van der Waals surface area contributed by atoms with Crippen molar-refractivity contribution in [2.24, 2.45) is 0 Å². The van der Waals surface area contributed by atoms with Crippen LogP contribution in [-0.2, 0) is 6.42 Å². The zero-order valence-electron chi connectivity index (χ0n) is 8.70. The highest BCUT2D eigenvalue weighted by Crippen LogP contribution is 2.08. The highest BCUT2D eigenvalue weighted by molar-refractivity contribution is 7.09. The number of aliphatic hydroxyl groups excluding tert-OH is 1. The van der Waals surface area contributed by atoms with Crippen LogP contribution in [0.15, 0.2) is 17.5 Å². The molecule has 14 heavy (non-hydrogen) atoms. The summed E-state index contributed by atoms with van der Waals surface area (Å²) in [5, 5.41) is 14.8. The Labute approximate surface area is 90.0 Å². The van der Waals surface area contributed by atoms with E-state index >= 15 is 0 Å². The molecule has 1 heterocycles. The number of hydrogen-bond donors (Lipinski definition) is 2. The lowest BCUT2D eigenvalue weighted by atomic mass is 10.2. The fourth-order valence-electron chi connectivity index (χ4n) is 1.37. The van der Waals surface area contributed by atoms with Gasteiger partial charge < -0.3 is 10.4 Å². The van der Waals surface area contributed by atoms with Gasteiger partial charge in [-0.05, 0) is 24.3 Å². The van der Waals surface area contributed by atoms with E-state index in [0.29, 0.717) is 0 Å². The van der Waals surface area contributed by atoms with Gasteiger partial charge in [0.2, 0.25) is 0 Å². The Balaban J connectivity index is 1.99. The summed E-state index contributed by atoms with van der Waals surface area (Å²) in [4.78, 5) is 1.41. The number of hydrogen-bond acceptors (Lipinski definition) is 3. The second-order valence-corrected chi connectivity index (χ2v) is 4.51. The Morgan fingerprint density at radius 1 is 1.57 bits per heavy atom. The minimum atomic E-state index is -0.177. The Morgan fingerprint density at radius 3 is 3.07 bits per heavy atom. The highest BCUT2D eigenvalue weighted by Gasteiger charge is 2.01. The van der Waals surface area contributed by atoms with Crippen molar-refractivity contribution in [1.29, 1.82) is 0 Å². The maximum absolute atomic E-state index is 9.45. The third-order valence-electron chi connectivity index (χ3n) is 2.13. The molecule has 1 atom stereocenters. The molecule has 1 rings (SSSR count). The Morgan fingerprint density at radius 2 is 2.43 bits per heavy atom. The smallest absolute Gasteiger partial charge is 0.0664 e. The molecule has 80 valence electrons. The zero-order chi connectivity index (χ0) is 10.2. The largest absolute Gasteiger partial charge is 0.392 e. The predicted molar refractivity (Wildman–Crippen MR) is 61.8 cm³/mol. The molecule has 0 spiro atoms. The minimum Gasteiger partial charge on any atom is -0.392 e. The van der Waals surface area contributed by atoms with Crippen molar-refractivity contribution in [2.45, 2.75) is 32.3 Å². The lowest BCUT2D eigenvalue weighted by molar-refractivity contribution is 0.161. The fourth-order valence-corrected chi connectivity index (χ4v) is 2.08. The second kappa shape index (κ2) is 6.98. The van der Waals surface area contributed by atoms with Crippen molar-refractivity contribution in [1.82, 2.24) is 5.32 Å². The van der Waals surface area contributed by atoms with Gasteiger partial charge in [-0.15, -0.1) is 11.3 Å². The highest BCUT2D eigenvalue weighted by atomic mass is 32.1. The summed E-state index contributed by atoms with van der Waals surface area (Å²) in [6.07, 6.45) is 2.83. The van der Waals surface area contributed by atoms with E-state index in [2.05, 4.69) is 29.8 Å². The number of nitrogens with one attached hydrogen (secondary N) is 1. The van der Waals surface area contributed by atoms with Gasteiger partial charge in [0.05, 0.1) is 6.10 Å². The summed E-state index contributed by atoms with van der Waals surface area (Å²) in [6, 6.07) is 4.22. The van der Waals surface area contributed by atoms with Crippen molar-refractivity contribution >= 4 is 11.3 Å². The standard InChI is InChI=1S/C11H19NOS/c1-2-4-10(13)9-12-7-6-11-5-3-8-14-11/h3,5,8,10,12-13H,2,4,6-7,9H2,1H3. The number of rotatable bonds is 7. The van der Waals surface area contributed by atoms with E-state index in [9.17, 15) is 5.11 Å². The Hall–Kier alpha value is -0.380. The summed E-state index contributed by atoms with van der Waals surface area (Å²) < 4.78 is 0. The van der Waals surface area contributed by atoms with E-state index in [1.54, 1.807) is 11.3 Å². The average molecular weight is 213 g/mol. The first kappa shape index (κ1) is 11.7. The van der Waals surface area contributed by atoms with Gasteiger partial charge in [-0.25, -0.2) is 0 Å². The van der Waals surface area contributed by atoms with Crippen LogP contribution in [0.3, 0.4) is 0 Å². The molecule has 0 aliphatic rings. The van der Waals surface area contributed by atoms with Crippen LogP contribution in [0.4, 0.5) is 0 Å². The van der Waals surface area contributed by atoms with Crippen molar-refractivity contribution in [2.75, 3.05) is 13.1 Å². The summed E-state index contributed by atoms with van der Waals surface area (Å²) in [7, 11) is 0. The predicted octanol–water partition coefficient (Wildman–Crippen LogP) is 2.04. The van der Waals surface area contributed by atoms with Crippen LogP contribution in [0.25, 0.3) is 0 Å². The van der Waals surface area contributed by atoms with Gasteiger partial charge >= 0.3 is 0 Å². The molecule has 3 heteroatoms. The monoisotopic (exact) mass is 213 g/mol. The van der Waals surface area contributed by atoms with E-state index in [1.165, 1.54) is 4.88 Å². The number of thiophene rings is 1. The molecule has 2 nitrogen and oxygen atoms in total. The minimum absolute atomic E-state index is 0.177. The molecule has 0 saturated carbocycles. The molecule has 0 amide bonds. The molecular weight excluding hydrogens is 194 g/mol. The van der Waals surface area contributed by atoms with Gasteiger partial charge in [0, 0.05) is 18.0 Å². The van der Waals surface area contributed by atoms with Gasteiger partial charge in [0.15, 0.2) is 0 Å². The molecule has 1 aromatic rings. The molecule has 0 bridgehead atoms. The average Bonchev–Trinajstić information content (AvgIpc) is 2.65. The SMILES string of the molecule is CCCC(O)CNCCc1cccs1. The van der Waals surface area contributed by atoms with Crippen LogP contribution >= 0.6 is 11.3 Å². The van der Waals surface area contributed by atoms with Crippen LogP contribution in [0, 0.1) is 0 Å². The van der Waals surface area contributed by atoms with E-state index < -0.39 is 0 Å². The first-order valence-electron chi connectivity index (χ1n) is 5.24. The third kappa shape index (κ3) is 4.74. The number of aliphatic hydroxyl groups is 1. The van der Waals surface area contributed by atoms with Gasteiger partial charge in [-0.1, -0.05) is 19.4 Å². The van der Waals surface area contributed by atoms with Gasteiger partial charge in [0.25, 0.3) is 0 Å². The summed E-state index contributed by atoms with van der Waals surface area (Å²) in [6.45, 7) is 3.77. The third-order valence-corrected chi connectivity index (χ3v) is 3.07. The summed E-state index contributed by atoms with van der Waals surface area (Å²) in [5.74, 6) is 0. The normalized spacial score (nSPS) is 13.0. The molecule has 0 aromatic carbocycles. The van der Waals surface area contributed by atoms with E-state index in [-0.39, 0.29) is 6.10 Å². The summed E-state index contributed by atoms with van der Waals surface area (Å²) >= 11 is 1.79. The first-order chi connectivity index (χ1) is 6.83. The van der Waals surface area contributed by atoms with Crippen molar-refractivity contribution in [3.63, 3.8) is 0 Å². The van der Waals surface area contributed by atoms with Crippen LogP contribution in [0.1, 0.15) is 24.6 Å². The quantitative estimate of drug-likeness (QED) is 0.679. The molecule has 0 radical (unpaired) electrons. The molecule has 0 aliphatic heterocycles. The van der Waals surface area contributed by atoms with Crippen molar-refractivity contribution < 1.29 is 5.11 Å². The molecule has 2 N–H and O–H groups in total. The second-order valence-electron chi connectivity index (χ2n) is 3.48. The van der Waals surface area contributed by atoms with Gasteiger partial charge in [-0.2, -0.15) is 0 Å². The first-order valence-corrected chi connectivity index (χ1v) is 6.12. The fraction of sp³-hybridized carbons (Fsp3) is 0.636. The van der Waals surface area contributed by atoms with E-state index in [0.717, 1.165) is 32.4 Å². The maximum atomic E-state index is 9.45. The lowest BCUT2D eigenvalue weighted by Gasteiger charge is -2.09. The van der Waals surface area contributed by atoms with Crippen LogP contribution in [0.2, 0.25) is 0 Å². The maximum Gasteiger partial charge on any atom is 0.0664 e. The van der Waals surface area contributed by atoms with E-state index in [1.807, 2.05) is 0 Å². The van der Waals surface area contributed by atoms with Crippen LogP contribution in [0.5, 0.6) is 0 Å². The van der Waals surface area contributed by atoms with Crippen LogP contribution in [-0.4, -0.2) is 24.3 Å². The topological polar surface area (TPSA) is 32.3 Å². The van der Waals surface area contributed by atoms with Crippen molar-refractivity contribution in [3.8, 4) is 0 Å². The lowest BCUT2D eigenvalue weighted by Crippen LogP contribution is -2.28. The Kier molecular flexibility index (Phi) is 5.83. The van der Waals surface area contributed by atoms with Crippen LogP contribution < -0.4 is 5.32 Å². The molecule has 0 saturated heterocycles. The zero-order valence-corrected chi connectivity index (χ0v) is 9.52. The Bertz CT molecular complexity index is 223.